The standard InChI is InChI=1S/C9H13O6S2/c1-3-5(7(11)16)17(14)6-4(10)2-15-8(12)9(3,6)13/h3-7,10,13,16H,2H2,1H3/q-1/p+1/t3?,4-,5?,6?,7?,9+,17?/m1/s1. The first kappa shape index (κ1) is 13.3. The van der Waals surface area contributed by atoms with Crippen LogP contribution in [-0.2, 0) is 20.3 Å². The van der Waals surface area contributed by atoms with Crippen molar-refractivity contribution in [2.24, 2.45) is 5.92 Å². The number of thiol groups is 1. The van der Waals surface area contributed by atoms with Gasteiger partial charge in [0.2, 0.25) is 6.10 Å². The van der Waals surface area contributed by atoms with Gasteiger partial charge in [-0.05, 0) is 0 Å². The SMILES string of the molecule is CC1C(C([O-])S)S(=O)C2[C@H]([OH2+])COC(=O)[C@]12O. The van der Waals surface area contributed by atoms with E-state index in [-0.39, 0.29) is 6.61 Å². The molecule has 0 amide bonds. The molecule has 2 aliphatic heterocycles. The Morgan fingerprint density at radius 2 is 2.35 bits per heavy atom. The highest BCUT2D eigenvalue weighted by molar-refractivity contribution is 7.88. The summed E-state index contributed by atoms with van der Waals surface area (Å²) in [6.45, 7) is 1.27. The van der Waals surface area contributed by atoms with Gasteiger partial charge in [0.1, 0.15) is 5.25 Å². The van der Waals surface area contributed by atoms with E-state index in [1.165, 1.54) is 6.92 Å². The third-order valence-electron chi connectivity index (χ3n) is 3.51. The Kier molecular flexibility index (Phi) is 3.28. The summed E-state index contributed by atoms with van der Waals surface area (Å²) in [7, 11) is -1.75. The van der Waals surface area contributed by atoms with Gasteiger partial charge in [0.25, 0.3) is 0 Å². The average molecular weight is 282 g/mol. The van der Waals surface area contributed by atoms with Gasteiger partial charge in [-0.2, -0.15) is 12.6 Å². The molecule has 3 N–H and O–H groups in total. The van der Waals surface area contributed by atoms with E-state index in [1.807, 2.05) is 0 Å². The van der Waals surface area contributed by atoms with Gasteiger partial charge in [0, 0.05) is 22.0 Å². The summed E-state index contributed by atoms with van der Waals surface area (Å²) in [5, 5.41) is 27.4. The van der Waals surface area contributed by atoms with E-state index in [9.17, 15) is 19.2 Å². The normalized spacial score (nSPS) is 51.8. The van der Waals surface area contributed by atoms with Crippen molar-refractivity contribution in [3.05, 3.63) is 0 Å². The van der Waals surface area contributed by atoms with Crippen molar-refractivity contribution in [2.75, 3.05) is 6.61 Å². The molecule has 0 bridgehead atoms. The van der Waals surface area contributed by atoms with Crippen molar-refractivity contribution >= 4 is 29.4 Å². The molecule has 6 nitrogen and oxygen atoms in total. The van der Waals surface area contributed by atoms with Gasteiger partial charge in [-0.1, -0.05) is 12.4 Å². The lowest BCUT2D eigenvalue weighted by atomic mass is 9.81. The van der Waals surface area contributed by atoms with Crippen molar-refractivity contribution in [3.63, 3.8) is 0 Å². The summed E-state index contributed by atoms with van der Waals surface area (Å²) in [6.07, 6.45) is -0.974. The first-order chi connectivity index (χ1) is 7.81. The van der Waals surface area contributed by atoms with Crippen LogP contribution in [0.5, 0.6) is 0 Å². The molecule has 0 spiro atoms. The summed E-state index contributed by atoms with van der Waals surface area (Å²) >= 11 is 3.71. The topological polar surface area (TPSA) is 110 Å². The maximum Gasteiger partial charge on any atom is 0.340 e. The lowest BCUT2D eigenvalue weighted by Gasteiger charge is -2.35. The number of fused-ring (bicyclic) bond motifs is 1. The van der Waals surface area contributed by atoms with Crippen molar-refractivity contribution in [1.29, 1.82) is 0 Å². The molecule has 17 heavy (non-hydrogen) atoms. The van der Waals surface area contributed by atoms with Gasteiger partial charge in [0.05, 0.1) is 0 Å². The van der Waals surface area contributed by atoms with Gasteiger partial charge in [0.15, 0.2) is 12.2 Å². The maximum absolute atomic E-state index is 12.1. The number of aliphatic hydroxyl groups is 1. The minimum Gasteiger partial charge on any atom is -0.843 e. The molecule has 0 radical (unpaired) electrons. The Morgan fingerprint density at radius 1 is 1.76 bits per heavy atom. The van der Waals surface area contributed by atoms with Crippen LogP contribution >= 0.6 is 12.6 Å². The van der Waals surface area contributed by atoms with Crippen molar-refractivity contribution in [2.45, 2.75) is 34.6 Å². The fraction of sp³-hybridized carbons (Fsp3) is 0.889. The molecule has 2 rings (SSSR count). The zero-order valence-corrected chi connectivity index (χ0v) is 10.7. The van der Waals surface area contributed by atoms with E-state index < -0.39 is 50.3 Å². The number of hydrogen-bond donors (Lipinski definition) is 2. The Balaban J connectivity index is 2.47. The van der Waals surface area contributed by atoms with Gasteiger partial charge < -0.3 is 20.1 Å². The van der Waals surface area contributed by atoms with Crippen LogP contribution in [0.1, 0.15) is 6.92 Å². The molecule has 2 aliphatic rings. The van der Waals surface area contributed by atoms with Crippen molar-refractivity contribution in [1.82, 2.24) is 0 Å². The summed E-state index contributed by atoms with van der Waals surface area (Å²) in [5.41, 5.74) is -3.45. The van der Waals surface area contributed by atoms with Crippen LogP contribution in [0.25, 0.3) is 0 Å². The Bertz CT molecular complexity index is 372. The van der Waals surface area contributed by atoms with Gasteiger partial charge >= 0.3 is 5.97 Å². The number of carbonyl (C=O) groups excluding carboxylic acids is 1. The van der Waals surface area contributed by atoms with E-state index in [4.69, 9.17) is 9.84 Å². The lowest BCUT2D eigenvalue weighted by Crippen LogP contribution is -2.61. The zero-order chi connectivity index (χ0) is 13.0. The van der Waals surface area contributed by atoms with E-state index in [2.05, 4.69) is 12.6 Å². The molecule has 2 fully saturated rings. The first-order valence-corrected chi connectivity index (χ1v) is 6.95. The highest BCUT2D eigenvalue weighted by Crippen LogP contribution is 2.44. The molecule has 2 saturated heterocycles. The zero-order valence-electron chi connectivity index (χ0n) is 9.03. The summed E-state index contributed by atoms with van der Waals surface area (Å²) < 4.78 is 16.8. The maximum atomic E-state index is 12.1. The smallest absolute Gasteiger partial charge is 0.340 e. The van der Waals surface area contributed by atoms with Gasteiger partial charge in [-0.25, -0.2) is 4.79 Å². The Morgan fingerprint density at radius 3 is 2.82 bits per heavy atom. The third-order valence-corrected chi connectivity index (χ3v) is 6.41. The molecule has 8 heteroatoms. The molecule has 98 valence electrons. The van der Waals surface area contributed by atoms with E-state index in [1.54, 1.807) is 0 Å². The number of esters is 1. The molecule has 0 saturated carbocycles. The summed E-state index contributed by atoms with van der Waals surface area (Å²) in [4.78, 5) is 11.7. The van der Waals surface area contributed by atoms with Crippen LogP contribution < -0.4 is 5.11 Å². The quantitative estimate of drug-likeness (QED) is 0.232. The predicted octanol–water partition coefficient (Wildman–Crippen LogP) is -2.88. The summed E-state index contributed by atoms with van der Waals surface area (Å²) in [5.74, 6) is -1.71. The molecule has 2 heterocycles. The lowest BCUT2D eigenvalue weighted by molar-refractivity contribution is -0.386. The van der Waals surface area contributed by atoms with Crippen molar-refractivity contribution < 1.29 is 29.1 Å². The molecule has 7 atom stereocenters. The monoisotopic (exact) mass is 282 g/mol. The molecule has 0 aromatic rings. The fourth-order valence-electron chi connectivity index (χ4n) is 2.56. The average Bonchev–Trinajstić information content (AvgIpc) is 2.43. The highest BCUT2D eigenvalue weighted by atomic mass is 32.2. The Labute approximate surface area is 106 Å². The summed E-state index contributed by atoms with van der Waals surface area (Å²) in [6, 6.07) is 0. The van der Waals surface area contributed by atoms with Crippen LogP contribution in [0.3, 0.4) is 0 Å². The van der Waals surface area contributed by atoms with Crippen LogP contribution in [0.15, 0.2) is 0 Å². The molecule has 0 aromatic heterocycles. The predicted molar refractivity (Wildman–Crippen MR) is 61.0 cm³/mol. The first-order valence-electron chi connectivity index (χ1n) is 5.15. The number of cyclic esters (lactones) is 1. The second kappa shape index (κ2) is 4.20. The highest BCUT2D eigenvalue weighted by Gasteiger charge is 2.68. The fourth-order valence-corrected chi connectivity index (χ4v) is 5.42. The van der Waals surface area contributed by atoms with Gasteiger partial charge in [-0.3, -0.25) is 4.21 Å². The van der Waals surface area contributed by atoms with Crippen molar-refractivity contribution in [3.8, 4) is 0 Å². The largest absolute Gasteiger partial charge is 0.843 e. The molecule has 5 unspecified atom stereocenters. The number of hydrogen-bond acceptors (Lipinski definition) is 6. The molecule has 0 aliphatic carbocycles. The Hall–Kier alpha value is -0.150. The van der Waals surface area contributed by atoms with Crippen LogP contribution in [0.2, 0.25) is 0 Å². The van der Waals surface area contributed by atoms with E-state index in [0.29, 0.717) is 0 Å². The number of rotatable bonds is 1. The number of carbonyl (C=O) groups is 1. The second-order valence-corrected chi connectivity index (χ2v) is 6.64. The minimum absolute atomic E-state index is 0.201. The second-order valence-electron chi connectivity index (χ2n) is 4.42. The van der Waals surface area contributed by atoms with Gasteiger partial charge in [-0.15, -0.1) is 0 Å². The van der Waals surface area contributed by atoms with E-state index in [0.717, 1.165) is 0 Å². The molecule has 0 aromatic carbocycles. The third kappa shape index (κ3) is 1.66. The molecular formula is C9H14O6S2. The van der Waals surface area contributed by atoms with Crippen LogP contribution in [0, 0.1) is 5.92 Å². The van der Waals surface area contributed by atoms with Crippen LogP contribution in [0.4, 0.5) is 0 Å². The minimum atomic E-state index is -1.99. The van der Waals surface area contributed by atoms with Crippen LogP contribution in [-0.4, -0.2) is 54.6 Å². The molecular weight excluding hydrogens is 268 g/mol. The van der Waals surface area contributed by atoms with E-state index >= 15 is 0 Å². The number of ether oxygens (including phenoxy) is 1.